The second kappa shape index (κ2) is 7.81. The summed E-state index contributed by atoms with van der Waals surface area (Å²) in [7, 11) is -0.565. The zero-order valence-corrected chi connectivity index (χ0v) is 16.1. The molecule has 0 aliphatic heterocycles. The molecule has 3 rings (SSSR count). The average Bonchev–Trinajstić information content (AvgIpc) is 2.62. The fourth-order valence-electron chi connectivity index (χ4n) is 2.75. The Morgan fingerprint density at radius 1 is 0.640 bits per heavy atom. The summed E-state index contributed by atoms with van der Waals surface area (Å²) in [5.74, 6) is 0. The molecular weight excluding hydrogens is 319 g/mol. The maximum Gasteiger partial charge on any atom is -0.00788 e. The molecule has 3 aromatic carbocycles. The van der Waals surface area contributed by atoms with E-state index in [-0.39, 0.29) is 5.41 Å². The Hall–Kier alpha value is -2.17. The lowest BCUT2D eigenvalue weighted by molar-refractivity contribution is 0.547. The molecule has 0 spiro atoms. The molecule has 0 N–H and O–H groups in total. The maximum atomic E-state index is 2.30. The fraction of sp³-hybridized carbons (Fsp3) is 0.167. The van der Waals surface area contributed by atoms with Crippen LogP contribution >= 0.6 is 7.92 Å². The van der Waals surface area contributed by atoms with Gasteiger partial charge in [-0.1, -0.05) is 118 Å². The van der Waals surface area contributed by atoms with Crippen LogP contribution in [0.5, 0.6) is 0 Å². The van der Waals surface area contributed by atoms with E-state index in [4.69, 9.17) is 0 Å². The quantitative estimate of drug-likeness (QED) is 0.548. The monoisotopic (exact) mass is 344 g/mol. The summed E-state index contributed by atoms with van der Waals surface area (Å²) >= 11 is 0. The molecule has 0 aromatic heterocycles. The zero-order chi connectivity index (χ0) is 17.7. The predicted molar refractivity (Wildman–Crippen MR) is 114 cm³/mol. The third kappa shape index (κ3) is 4.68. The molecule has 0 unspecified atom stereocenters. The molecule has 0 aliphatic carbocycles. The summed E-state index contributed by atoms with van der Waals surface area (Å²) < 4.78 is 0. The smallest absolute Gasteiger partial charge is 0.00788 e. The summed E-state index contributed by atoms with van der Waals surface area (Å²) in [5, 5.41) is 4.19. The van der Waals surface area contributed by atoms with Gasteiger partial charge in [-0.3, -0.25) is 0 Å². The second-order valence-corrected chi connectivity index (χ2v) is 9.45. The van der Waals surface area contributed by atoms with Gasteiger partial charge < -0.3 is 0 Å². The molecule has 0 aliphatic rings. The Morgan fingerprint density at radius 3 is 1.64 bits per heavy atom. The van der Waals surface area contributed by atoms with E-state index in [1.54, 1.807) is 0 Å². The number of benzene rings is 3. The van der Waals surface area contributed by atoms with Crippen LogP contribution < -0.4 is 15.9 Å². The SMILES string of the molecule is CC(C)(C)/C=C\c1ccccc1P(c1ccccc1)c1ccccc1. The van der Waals surface area contributed by atoms with Crippen molar-refractivity contribution in [2.24, 2.45) is 5.41 Å². The van der Waals surface area contributed by atoms with Gasteiger partial charge in [0, 0.05) is 0 Å². The molecule has 0 heterocycles. The minimum Gasteiger partial charge on any atom is -0.0785 e. The van der Waals surface area contributed by atoms with Crippen LogP contribution in [0.3, 0.4) is 0 Å². The molecule has 3 aromatic rings. The highest BCUT2D eigenvalue weighted by atomic mass is 31.1. The van der Waals surface area contributed by atoms with Gasteiger partial charge in [-0.2, -0.15) is 0 Å². The first-order chi connectivity index (χ1) is 12.0. The van der Waals surface area contributed by atoms with Crippen LogP contribution in [0.1, 0.15) is 26.3 Å². The van der Waals surface area contributed by atoms with Gasteiger partial charge in [0.05, 0.1) is 0 Å². The van der Waals surface area contributed by atoms with Gasteiger partial charge in [0.15, 0.2) is 0 Å². The van der Waals surface area contributed by atoms with Gasteiger partial charge in [0.2, 0.25) is 0 Å². The van der Waals surface area contributed by atoms with Crippen molar-refractivity contribution in [3.8, 4) is 0 Å². The van der Waals surface area contributed by atoms with E-state index < -0.39 is 7.92 Å². The largest absolute Gasteiger partial charge is 0.0785 e. The molecule has 0 amide bonds. The van der Waals surface area contributed by atoms with Crippen molar-refractivity contribution in [1.29, 1.82) is 0 Å². The summed E-state index contributed by atoms with van der Waals surface area (Å²) in [6.07, 6.45) is 4.59. The van der Waals surface area contributed by atoms with E-state index in [1.165, 1.54) is 21.5 Å². The van der Waals surface area contributed by atoms with Crippen molar-refractivity contribution in [3.63, 3.8) is 0 Å². The molecule has 0 atom stereocenters. The summed E-state index contributed by atoms with van der Waals surface area (Å²) in [6.45, 7) is 6.72. The molecule has 0 saturated heterocycles. The molecule has 25 heavy (non-hydrogen) atoms. The van der Waals surface area contributed by atoms with Crippen LogP contribution in [0, 0.1) is 5.41 Å². The van der Waals surface area contributed by atoms with Crippen LogP contribution in [0.4, 0.5) is 0 Å². The van der Waals surface area contributed by atoms with Crippen LogP contribution in [0.15, 0.2) is 91.0 Å². The van der Waals surface area contributed by atoms with E-state index in [2.05, 4.69) is 118 Å². The minimum atomic E-state index is -0.565. The molecule has 0 fully saturated rings. The van der Waals surface area contributed by atoms with E-state index >= 15 is 0 Å². The molecule has 0 saturated carbocycles. The van der Waals surface area contributed by atoms with Gasteiger partial charge >= 0.3 is 0 Å². The summed E-state index contributed by atoms with van der Waals surface area (Å²) in [4.78, 5) is 0. The van der Waals surface area contributed by atoms with Gasteiger partial charge in [-0.05, 0) is 34.8 Å². The maximum absolute atomic E-state index is 2.30. The lowest BCUT2D eigenvalue weighted by Gasteiger charge is -2.21. The number of allylic oxidation sites excluding steroid dienone is 1. The summed E-state index contributed by atoms with van der Waals surface area (Å²) in [6, 6.07) is 30.6. The third-order valence-corrected chi connectivity index (χ3v) is 6.49. The normalized spacial score (nSPS) is 12.0. The van der Waals surface area contributed by atoms with E-state index in [0.29, 0.717) is 0 Å². The van der Waals surface area contributed by atoms with Gasteiger partial charge in [-0.15, -0.1) is 0 Å². The van der Waals surface area contributed by atoms with Crippen LogP contribution in [0.2, 0.25) is 0 Å². The lowest BCUT2D eigenvalue weighted by atomic mass is 9.95. The highest BCUT2D eigenvalue weighted by Gasteiger charge is 2.18. The van der Waals surface area contributed by atoms with Crippen LogP contribution in [0.25, 0.3) is 6.08 Å². The number of hydrogen-bond donors (Lipinski definition) is 0. The fourth-order valence-corrected chi connectivity index (χ4v) is 5.19. The van der Waals surface area contributed by atoms with E-state index in [0.717, 1.165) is 0 Å². The molecule has 126 valence electrons. The molecule has 0 radical (unpaired) electrons. The number of rotatable bonds is 4. The predicted octanol–water partition coefficient (Wildman–Crippen LogP) is 5.50. The molecule has 0 nitrogen and oxygen atoms in total. The Balaban J connectivity index is 2.14. The highest BCUT2D eigenvalue weighted by molar-refractivity contribution is 7.80. The van der Waals surface area contributed by atoms with Crippen molar-refractivity contribution in [2.45, 2.75) is 20.8 Å². The van der Waals surface area contributed by atoms with Gasteiger partial charge in [0.25, 0.3) is 0 Å². The van der Waals surface area contributed by atoms with Crippen molar-refractivity contribution in [1.82, 2.24) is 0 Å². The first-order valence-electron chi connectivity index (χ1n) is 8.73. The topological polar surface area (TPSA) is 0 Å². The standard InChI is InChI=1S/C24H25P/c1-24(2,3)19-18-20-12-10-11-17-23(20)25(21-13-6-4-7-14-21)22-15-8-5-9-16-22/h4-19H,1-3H3/b19-18-. The Labute approximate surface area is 153 Å². The van der Waals surface area contributed by atoms with Crippen molar-refractivity contribution < 1.29 is 0 Å². The minimum absolute atomic E-state index is 0.176. The molecule has 0 bridgehead atoms. The first kappa shape index (κ1) is 17.6. The number of hydrogen-bond acceptors (Lipinski definition) is 0. The second-order valence-electron chi connectivity index (χ2n) is 7.26. The summed E-state index contributed by atoms with van der Waals surface area (Å²) in [5.41, 5.74) is 1.49. The Bertz CT molecular complexity index is 787. The first-order valence-corrected chi connectivity index (χ1v) is 10.1. The molecule has 1 heteroatoms. The van der Waals surface area contributed by atoms with Gasteiger partial charge in [-0.25, -0.2) is 0 Å². The van der Waals surface area contributed by atoms with Gasteiger partial charge in [0.1, 0.15) is 0 Å². The zero-order valence-electron chi connectivity index (χ0n) is 15.2. The highest BCUT2D eigenvalue weighted by Crippen LogP contribution is 2.34. The van der Waals surface area contributed by atoms with Crippen LogP contribution in [-0.4, -0.2) is 0 Å². The van der Waals surface area contributed by atoms with E-state index in [1.807, 2.05) is 0 Å². The Morgan fingerprint density at radius 2 is 1.12 bits per heavy atom. The molecular formula is C24H25P. The van der Waals surface area contributed by atoms with Crippen LogP contribution in [-0.2, 0) is 0 Å². The van der Waals surface area contributed by atoms with E-state index in [9.17, 15) is 0 Å². The van der Waals surface area contributed by atoms with Crippen molar-refractivity contribution in [3.05, 3.63) is 96.6 Å². The third-order valence-electron chi connectivity index (χ3n) is 3.97. The Kier molecular flexibility index (Phi) is 5.51. The average molecular weight is 344 g/mol. The van der Waals surface area contributed by atoms with Crippen molar-refractivity contribution in [2.75, 3.05) is 0 Å². The lowest BCUT2D eigenvalue weighted by Crippen LogP contribution is -2.22. The van der Waals surface area contributed by atoms with Crippen molar-refractivity contribution >= 4 is 29.9 Å².